The first-order chi connectivity index (χ1) is 18.3. The van der Waals surface area contributed by atoms with E-state index in [1.54, 1.807) is 12.1 Å². The highest BCUT2D eigenvalue weighted by Crippen LogP contribution is 2.39. The molecule has 0 aliphatic carbocycles. The van der Waals surface area contributed by atoms with Crippen molar-refractivity contribution in [2.75, 3.05) is 0 Å². The summed E-state index contributed by atoms with van der Waals surface area (Å²) in [4.78, 5) is 24.8. The monoisotopic (exact) mass is 498 g/mol. The van der Waals surface area contributed by atoms with Crippen molar-refractivity contribution in [1.82, 2.24) is 0 Å². The van der Waals surface area contributed by atoms with Gasteiger partial charge < -0.3 is 10.2 Å². The summed E-state index contributed by atoms with van der Waals surface area (Å²) in [5.74, 6) is -0.574. The molecule has 186 valence electrons. The average molecular weight is 499 g/mol. The molecule has 5 aromatic rings. The maximum absolute atomic E-state index is 12.4. The summed E-state index contributed by atoms with van der Waals surface area (Å²) in [7, 11) is 0. The van der Waals surface area contributed by atoms with E-state index in [4.69, 9.17) is 0 Å². The Bertz CT molecular complexity index is 1550. The van der Waals surface area contributed by atoms with E-state index in [9.17, 15) is 19.8 Å². The number of carbonyl (C=O) groups is 2. The van der Waals surface area contributed by atoms with Gasteiger partial charge in [0, 0.05) is 0 Å². The molecular formula is C34H26O4. The summed E-state index contributed by atoms with van der Waals surface area (Å²) in [5.41, 5.74) is 6.74. The fraction of sp³-hybridized carbons (Fsp3) is 0.0588. The average Bonchev–Trinajstić information content (AvgIpc) is 2.92. The highest BCUT2D eigenvalue weighted by molar-refractivity contribution is 6.05. The Morgan fingerprint density at radius 2 is 0.816 bits per heavy atom. The molecule has 0 fully saturated rings. The lowest BCUT2D eigenvalue weighted by atomic mass is 9.89. The van der Waals surface area contributed by atoms with Gasteiger partial charge in [-0.05, 0) is 88.7 Å². The van der Waals surface area contributed by atoms with Gasteiger partial charge in [0.25, 0.3) is 0 Å². The highest BCUT2D eigenvalue weighted by atomic mass is 16.3. The summed E-state index contributed by atoms with van der Waals surface area (Å²) in [6.45, 7) is 2.90. The van der Waals surface area contributed by atoms with Crippen molar-refractivity contribution in [2.24, 2.45) is 0 Å². The number of phenols is 2. The van der Waals surface area contributed by atoms with Crippen LogP contribution in [0.3, 0.4) is 0 Å². The van der Waals surface area contributed by atoms with Crippen LogP contribution in [0.15, 0.2) is 109 Å². The van der Waals surface area contributed by atoms with Crippen molar-refractivity contribution < 1.29 is 19.8 Å². The summed E-state index contributed by atoms with van der Waals surface area (Å²) in [5, 5.41) is 21.7. The van der Waals surface area contributed by atoms with Crippen molar-refractivity contribution in [1.29, 1.82) is 0 Å². The van der Waals surface area contributed by atoms with Crippen molar-refractivity contribution in [3.05, 3.63) is 120 Å². The van der Waals surface area contributed by atoms with E-state index in [0.29, 0.717) is 11.1 Å². The lowest BCUT2D eigenvalue weighted by Gasteiger charge is -2.15. The predicted octanol–water partition coefficient (Wildman–Crippen LogP) is 8.17. The number of benzene rings is 5. The van der Waals surface area contributed by atoms with Crippen molar-refractivity contribution in [2.45, 2.75) is 13.8 Å². The smallest absolute Gasteiger partial charge is 0.164 e. The zero-order valence-electron chi connectivity index (χ0n) is 21.1. The molecule has 38 heavy (non-hydrogen) atoms. The van der Waals surface area contributed by atoms with E-state index >= 15 is 0 Å². The van der Waals surface area contributed by atoms with Crippen LogP contribution >= 0.6 is 0 Å². The van der Waals surface area contributed by atoms with Gasteiger partial charge in [0.2, 0.25) is 0 Å². The summed E-state index contributed by atoms with van der Waals surface area (Å²) in [6.07, 6.45) is 0. The summed E-state index contributed by atoms with van der Waals surface area (Å²) in [6, 6.07) is 33.8. The van der Waals surface area contributed by atoms with E-state index in [1.807, 2.05) is 97.1 Å². The Balaban J connectivity index is 1.66. The van der Waals surface area contributed by atoms with E-state index in [0.717, 1.165) is 33.4 Å². The second-order valence-electron chi connectivity index (χ2n) is 9.26. The Kier molecular flexibility index (Phi) is 6.63. The maximum atomic E-state index is 12.4. The molecule has 0 radical (unpaired) electrons. The van der Waals surface area contributed by atoms with Crippen LogP contribution in [-0.4, -0.2) is 21.8 Å². The molecular weight excluding hydrogens is 472 g/mol. The highest BCUT2D eigenvalue weighted by Gasteiger charge is 2.19. The third-order valence-electron chi connectivity index (χ3n) is 6.64. The van der Waals surface area contributed by atoms with Gasteiger partial charge in [0.1, 0.15) is 11.5 Å². The number of ketones is 2. The van der Waals surface area contributed by atoms with Crippen molar-refractivity contribution in [3.63, 3.8) is 0 Å². The topological polar surface area (TPSA) is 74.6 Å². The van der Waals surface area contributed by atoms with Gasteiger partial charge in [-0.2, -0.15) is 0 Å². The third-order valence-corrected chi connectivity index (χ3v) is 6.64. The summed E-state index contributed by atoms with van der Waals surface area (Å²) < 4.78 is 0. The molecule has 0 spiro atoms. The fourth-order valence-corrected chi connectivity index (χ4v) is 4.90. The Labute approximate surface area is 221 Å². The van der Waals surface area contributed by atoms with E-state index in [-0.39, 0.29) is 34.2 Å². The Morgan fingerprint density at radius 1 is 0.447 bits per heavy atom. The zero-order valence-corrected chi connectivity index (χ0v) is 21.1. The molecule has 0 aliphatic heterocycles. The molecule has 4 heteroatoms. The van der Waals surface area contributed by atoms with Crippen LogP contribution in [0.4, 0.5) is 0 Å². The first-order valence-electron chi connectivity index (χ1n) is 12.3. The van der Waals surface area contributed by atoms with Crippen LogP contribution in [0, 0.1) is 0 Å². The molecule has 0 atom stereocenters. The van der Waals surface area contributed by atoms with Crippen molar-refractivity contribution >= 4 is 11.6 Å². The molecule has 2 N–H and O–H groups in total. The minimum atomic E-state index is -0.212. The number of hydrogen-bond donors (Lipinski definition) is 2. The van der Waals surface area contributed by atoms with Crippen LogP contribution in [-0.2, 0) is 0 Å². The lowest BCUT2D eigenvalue weighted by Crippen LogP contribution is -1.99. The van der Waals surface area contributed by atoms with Crippen LogP contribution < -0.4 is 0 Å². The van der Waals surface area contributed by atoms with Crippen LogP contribution in [0.1, 0.15) is 34.6 Å². The molecule has 0 aliphatic rings. The van der Waals surface area contributed by atoms with Gasteiger partial charge >= 0.3 is 0 Å². The minimum Gasteiger partial charge on any atom is -0.507 e. The van der Waals surface area contributed by atoms with E-state index in [1.165, 1.54) is 13.8 Å². The predicted molar refractivity (Wildman–Crippen MR) is 152 cm³/mol. The van der Waals surface area contributed by atoms with Gasteiger partial charge in [0.05, 0.1) is 11.1 Å². The van der Waals surface area contributed by atoms with Crippen LogP contribution in [0.2, 0.25) is 0 Å². The van der Waals surface area contributed by atoms with Gasteiger partial charge in [-0.25, -0.2) is 0 Å². The number of rotatable bonds is 6. The molecule has 0 unspecified atom stereocenters. The molecule has 0 amide bonds. The van der Waals surface area contributed by atoms with Crippen molar-refractivity contribution in [3.8, 4) is 56.0 Å². The quantitative estimate of drug-likeness (QED) is 0.232. The van der Waals surface area contributed by atoms with E-state index in [2.05, 4.69) is 0 Å². The first-order valence-corrected chi connectivity index (χ1v) is 12.3. The van der Waals surface area contributed by atoms with E-state index < -0.39 is 0 Å². The molecule has 4 nitrogen and oxygen atoms in total. The van der Waals surface area contributed by atoms with Gasteiger partial charge in [0.15, 0.2) is 11.6 Å². The SMILES string of the molecule is CC(=O)c1c(O)cc(-c2cccc(-c3cc(O)c(C(C)=O)c(-c4ccccc4)c3)c2)cc1-c1ccccc1. The van der Waals surface area contributed by atoms with Gasteiger partial charge in [-0.1, -0.05) is 78.9 Å². The first kappa shape index (κ1) is 24.7. The molecule has 0 saturated heterocycles. The largest absolute Gasteiger partial charge is 0.507 e. The molecule has 5 aromatic carbocycles. The number of Topliss-reactive ketones (excluding diaryl/α,β-unsaturated/α-hetero) is 2. The summed E-state index contributed by atoms with van der Waals surface area (Å²) >= 11 is 0. The Hall–Kier alpha value is -4.96. The van der Waals surface area contributed by atoms with Crippen LogP contribution in [0.5, 0.6) is 11.5 Å². The molecule has 0 saturated carbocycles. The minimum absolute atomic E-state index is 0.0749. The standard InChI is InChI=1S/C34H26O4/c1-21(35)33-29(23-10-5-3-6-11-23)17-27(19-31(33)37)25-14-9-15-26(16-25)28-18-30(24-12-7-4-8-13-24)34(22(2)36)32(38)20-28/h3-20,37-38H,1-2H3. The number of phenolic OH excluding ortho intramolecular Hbond substituents is 2. The lowest BCUT2D eigenvalue weighted by molar-refractivity contribution is 0.100. The number of hydrogen-bond acceptors (Lipinski definition) is 4. The Morgan fingerprint density at radius 3 is 1.18 bits per heavy atom. The molecule has 0 aromatic heterocycles. The number of carbonyl (C=O) groups excluding carboxylic acids is 2. The number of aromatic hydroxyl groups is 2. The van der Waals surface area contributed by atoms with Crippen LogP contribution in [0.25, 0.3) is 44.5 Å². The molecule has 0 heterocycles. The molecule has 0 bridgehead atoms. The fourth-order valence-electron chi connectivity index (χ4n) is 4.90. The second-order valence-corrected chi connectivity index (χ2v) is 9.26. The zero-order chi connectivity index (χ0) is 26.8. The van der Waals surface area contributed by atoms with Gasteiger partial charge in [-0.3, -0.25) is 9.59 Å². The maximum Gasteiger partial charge on any atom is 0.164 e. The molecule has 5 rings (SSSR count). The van der Waals surface area contributed by atoms with Gasteiger partial charge in [-0.15, -0.1) is 0 Å². The normalized spacial score (nSPS) is 10.8. The second kappa shape index (κ2) is 10.2. The third kappa shape index (κ3) is 4.72.